The van der Waals surface area contributed by atoms with E-state index in [0.29, 0.717) is 26.0 Å². The third kappa shape index (κ3) is 6.59. The number of benzene rings is 2. The van der Waals surface area contributed by atoms with E-state index in [2.05, 4.69) is 10.6 Å². The molecule has 0 radical (unpaired) electrons. The molecule has 8 nitrogen and oxygen atoms in total. The van der Waals surface area contributed by atoms with Crippen LogP contribution in [0.4, 0.5) is 4.39 Å². The highest BCUT2D eigenvalue weighted by molar-refractivity contribution is 7.89. The molecule has 1 saturated heterocycles. The van der Waals surface area contributed by atoms with Crippen LogP contribution in [-0.2, 0) is 30.8 Å². The van der Waals surface area contributed by atoms with Crippen molar-refractivity contribution in [2.24, 2.45) is 0 Å². The quantitative estimate of drug-likeness (QED) is 0.445. The van der Waals surface area contributed by atoms with Crippen molar-refractivity contribution in [1.29, 1.82) is 0 Å². The van der Waals surface area contributed by atoms with Crippen LogP contribution in [0.5, 0.6) is 0 Å². The van der Waals surface area contributed by atoms with E-state index < -0.39 is 33.9 Å². The lowest BCUT2D eigenvalue weighted by atomic mass is 10.1. The largest absolute Gasteiger partial charge is 0.360 e. The molecule has 2 amide bonds. The van der Waals surface area contributed by atoms with Gasteiger partial charge in [-0.1, -0.05) is 30.3 Å². The number of ether oxygens (including phenoxy) is 1. The number of halogens is 1. The lowest BCUT2D eigenvalue weighted by Crippen LogP contribution is -2.53. The number of hydrogen-bond donors (Lipinski definition) is 2. The van der Waals surface area contributed by atoms with Crippen LogP contribution < -0.4 is 10.6 Å². The van der Waals surface area contributed by atoms with Crippen LogP contribution in [0.25, 0.3) is 0 Å². The zero-order chi connectivity index (χ0) is 23.8. The lowest BCUT2D eigenvalue weighted by Gasteiger charge is -2.34. The van der Waals surface area contributed by atoms with E-state index >= 15 is 0 Å². The minimum Gasteiger partial charge on any atom is -0.360 e. The Labute approximate surface area is 193 Å². The molecule has 0 aliphatic carbocycles. The third-order valence-electron chi connectivity index (χ3n) is 5.30. The first-order valence-electron chi connectivity index (χ1n) is 10.8. The molecule has 1 heterocycles. The summed E-state index contributed by atoms with van der Waals surface area (Å²) in [5, 5.41) is 5.00. The minimum atomic E-state index is -3.97. The molecule has 2 N–H and O–H groups in total. The van der Waals surface area contributed by atoms with Crippen molar-refractivity contribution < 1.29 is 27.1 Å². The SMILES string of the molecule is Cc1cc(S(=O)(=O)N2CCCO[C@@H]2CNC(=O)C(=O)NCCCc2ccccc2)ccc1F. The molecule has 33 heavy (non-hydrogen) atoms. The average Bonchev–Trinajstić information content (AvgIpc) is 2.82. The Kier molecular flexibility index (Phi) is 8.54. The van der Waals surface area contributed by atoms with Crippen LogP contribution >= 0.6 is 0 Å². The van der Waals surface area contributed by atoms with Gasteiger partial charge in [-0.15, -0.1) is 0 Å². The van der Waals surface area contributed by atoms with Gasteiger partial charge in [-0.05, 0) is 55.5 Å². The maximum atomic E-state index is 13.6. The number of hydrogen-bond acceptors (Lipinski definition) is 5. The van der Waals surface area contributed by atoms with Crippen LogP contribution in [-0.4, -0.2) is 57.0 Å². The van der Waals surface area contributed by atoms with Gasteiger partial charge in [0.2, 0.25) is 10.0 Å². The summed E-state index contributed by atoms with van der Waals surface area (Å²) in [4.78, 5) is 24.2. The monoisotopic (exact) mass is 477 g/mol. The molecule has 178 valence electrons. The molecular formula is C23H28FN3O5S. The van der Waals surface area contributed by atoms with Crippen molar-refractivity contribution >= 4 is 21.8 Å². The van der Waals surface area contributed by atoms with E-state index in [1.165, 1.54) is 19.1 Å². The lowest BCUT2D eigenvalue weighted by molar-refractivity contribution is -0.140. The van der Waals surface area contributed by atoms with Crippen molar-refractivity contribution in [1.82, 2.24) is 14.9 Å². The molecule has 0 unspecified atom stereocenters. The van der Waals surface area contributed by atoms with Gasteiger partial charge >= 0.3 is 11.8 Å². The molecule has 1 atom stereocenters. The van der Waals surface area contributed by atoms with E-state index in [4.69, 9.17) is 4.74 Å². The molecule has 0 aromatic heterocycles. The number of rotatable bonds is 8. The summed E-state index contributed by atoms with van der Waals surface area (Å²) in [7, 11) is -3.97. The molecule has 0 bridgehead atoms. The Balaban J connectivity index is 1.52. The summed E-state index contributed by atoms with van der Waals surface area (Å²) in [5.74, 6) is -2.15. The van der Waals surface area contributed by atoms with E-state index in [9.17, 15) is 22.4 Å². The second kappa shape index (κ2) is 11.4. The van der Waals surface area contributed by atoms with Crippen LogP contribution in [0.15, 0.2) is 53.4 Å². The van der Waals surface area contributed by atoms with E-state index in [-0.39, 0.29) is 23.5 Å². The summed E-state index contributed by atoms with van der Waals surface area (Å²) in [6, 6.07) is 13.4. The first-order valence-corrected chi connectivity index (χ1v) is 12.2. The Bertz CT molecular complexity index is 1080. The number of nitrogens with zero attached hydrogens (tertiary/aromatic N) is 1. The smallest absolute Gasteiger partial charge is 0.309 e. The predicted octanol–water partition coefficient (Wildman–Crippen LogP) is 1.74. The van der Waals surface area contributed by atoms with Crippen molar-refractivity contribution in [3.63, 3.8) is 0 Å². The van der Waals surface area contributed by atoms with Gasteiger partial charge in [0.25, 0.3) is 0 Å². The van der Waals surface area contributed by atoms with Gasteiger partial charge in [-0.3, -0.25) is 9.59 Å². The molecule has 1 fully saturated rings. The second-order valence-corrected chi connectivity index (χ2v) is 9.65. The minimum absolute atomic E-state index is 0.0561. The maximum absolute atomic E-state index is 13.6. The molecule has 1 aliphatic heterocycles. The fraction of sp³-hybridized carbons (Fsp3) is 0.391. The summed E-state index contributed by atoms with van der Waals surface area (Å²) >= 11 is 0. The third-order valence-corrected chi connectivity index (χ3v) is 7.19. The zero-order valence-electron chi connectivity index (χ0n) is 18.4. The molecule has 10 heteroatoms. The first-order chi connectivity index (χ1) is 15.8. The van der Waals surface area contributed by atoms with Gasteiger partial charge in [0, 0.05) is 13.1 Å². The molecule has 3 rings (SSSR count). The van der Waals surface area contributed by atoms with Gasteiger partial charge in [0.15, 0.2) is 0 Å². The van der Waals surface area contributed by atoms with Crippen LogP contribution in [0.3, 0.4) is 0 Å². The number of carbonyl (C=O) groups is 2. The fourth-order valence-corrected chi connectivity index (χ4v) is 5.15. The highest BCUT2D eigenvalue weighted by Gasteiger charge is 2.35. The Morgan fingerprint density at radius 3 is 2.58 bits per heavy atom. The molecule has 0 saturated carbocycles. The topological polar surface area (TPSA) is 105 Å². The first kappa shape index (κ1) is 24.8. The summed E-state index contributed by atoms with van der Waals surface area (Å²) in [5.41, 5.74) is 1.35. The number of sulfonamides is 1. The van der Waals surface area contributed by atoms with Crippen LogP contribution in [0.1, 0.15) is 24.0 Å². The summed E-state index contributed by atoms with van der Waals surface area (Å²) in [6.45, 7) is 2.14. The Morgan fingerprint density at radius 1 is 1.12 bits per heavy atom. The van der Waals surface area contributed by atoms with E-state index in [1.54, 1.807) is 0 Å². The zero-order valence-corrected chi connectivity index (χ0v) is 19.2. The number of carbonyl (C=O) groups excluding carboxylic acids is 2. The van der Waals surface area contributed by atoms with E-state index in [1.807, 2.05) is 30.3 Å². The summed E-state index contributed by atoms with van der Waals surface area (Å²) < 4.78 is 46.4. The Morgan fingerprint density at radius 2 is 1.85 bits per heavy atom. The molecule has 2 aromatic rings. The van der Waals surface area contributed by atoms with Crippen molar-refractivity contribution in [2.75, 3.05) is 26.2 Å². The second-order valence-electron chi connectivity index (χ2n) is 7.76. The highest BCUT2D eigenvalue weighted by Crippen LogP contribution is 2.23. The number of amides is 2. The highest BCUT2D eigenvalue weighted by atomic mass is 32.2. The van der Waals surface area contributed by atoms with Gasteiger partial charge in [-0.25, -0.2) is 12.8 Å². The normalized spacial score (nSPS) is 16.8. The summed E-state index contributed by atoms with van der Waals surface area (Å²) in [6.07, 6.45) is 0.960. The fourth-order valence-electron chi connectivity index (χ4n) is 3.50. The molecular weight excluding hydrogens is 449 g/mol. The van der Waals surface area contributed by atoms with Gasteiger partial charge in [-0.2, -0.15) is 4.31 Å². The van der Waals surface area contributed by atoms with Gasteiger partial charge in [0.05, 0.1) is 18.0 Å². The number of nitrogens with one attached hydrogen (secondary N) is 2. The predicted molar refractivity (Wildman–Crippen MR) is 120 cm³/mol. The number of aryl methyl sites for hydroxylation is 2. The molecule has 1 aliphatic rings. The van der Waals surface area contributed by atoms with Crippen LogP contribution in [0, 0.1) is 12.7 Å². The molecule has 2 aromatic carbocycles. The maximum Gasteiger partial charge on any atom is 0.309 e. The Hall–Kier alpha value is -2.82. The molecule has 0 spiro atoms. The van der Waals surface area contributed by atoms with Crippen molar-refractivity contribution in [3.05, 3.63) is 65.5 Å². The van der Waals surface area contributed by atoms with Crippen molar-refractivity contribution in [3.8, 4) is 0 Å². The van der Waals surface area contributed by atoms with Gasteiger partial charge in [0.1, 0.15) is 12.0 Å². The standard InChI is InChI=1S/C23H28FN3O5S/c1-17-15-19(10-11-20(17)24)33(30,31)27-13-6-14-32-21(27)16-26-23(29)22(28)25-12-5-9-18-7-3-2-4-8-18/h2-4,7-8,10-11,15,21H,5-6,9,12-14,16H2,1H3,(H,25,28)(H,26,29)/t21-/m1/s1. The van der Waals surface area contributed by atoms with E-state index in [0.717, 1.165) is 22.4 Å². The van der Waals surface area contributed by atoms with Gasteiger partial charge < -0.3 is 15.4 Å². The van der Waals surface area contributed by atoms with Crippen LogP contribution in [0.2, 0.25) is 0 Å². The van der Waals surface area contributed by atoms with Crippen molar-refractivity contribution in [2.45, 2.75) is 37.3 Å². The average molecular weight is 478 g/mol.